The highest BCUT2D eigenvalue weighted by Crippen LogP contribution is 2.22. The van der Waals surface area contributed by atoms with Gasteiger partial charge in [0.2, 0.25) is 5.71 Å². The van der Waals surface area contributed by atoms with Crippen LogP contribution in [0.3, 0.4) is 0 Å². The zero-order valence-corrected chi connectivity index (χ0v) is 6.57. The standard InChI is InChI=1S/C8H8N2O2/c1-11-10-7-5-12-8-6(7)3-2-4-9-8/h2-5,10H,1H3. The Morgan fingerprint density at radius 3 is 3.33 bits per heavy atom. The predicted molar refractivity (Wildman–Crippen MR) is 44.6 cm³/mol. The maximum absolute atomic E-state index is 5.15. The number of pyridine rings is 1. The van der Waals surface area contributed by atoms with Gasteiger partial charge in [-0.2, -0.15) is 0 Å². The van der Waals surface area contributed by atoms with Gasteiger partial charge in [-0.25, -0.2) is 4.98 Å². The van der Waals surface area contributed by atoms with Crippen molar-refractivity contribution < 1.29 is 9.25 Å². The van der Waals surface area contributed by atoms with Crippen LogP contribution in [0.4, 0.5) is 5.69 Å². The molecule has 0 aliphatic heterocycles. The van der Waals surface area contributed by atoms with E-state index >= 15 is 0 Å². The molecule has 0 aromatic carbocycles. The number of hydrogen-bond donors (Lipinski definition) is 1. The van der Waals surface area contributed by atoms with Crippen LogP contribution in [-0.4, -0.2) is 12.1 Å². The highest BCUT2D eigenvalue weighted by molar-refractivity contribution is 5.87. The van der Waals surface area contributed by atoms with Crippen LogP contribution in [0.1, 0.15) is 0 Å². The Kier molecular flexibility index (Phi) is 1.68. The Hall–Kier alpha value is -1.55. The van der Waals surface area contributed by atoms with Crippen molar-refractivity contribution in [1.29, 1.82) is 0 Å². The van der Waals surface area contributed by atoms with Gasteiger partial charge in [0, 0.05) is 6.20 Å². The summed E-state index contributed by atoms with van der Waals surface area (Å²) in [4.78, 5) is 8.78. The largest absolute Gasteiger partial charge is 0.444 e. The molecule has 62 valence electrons. The molecule has 0 fully saturated rings. The highest BCUT2D eigenvalue weighted by atomic mass is 16.6. The highest BCUT2D eigenvalue weighted by Gasteiger charge is 2.03. The topological polar surface area (TPSA) is 47.3 Å². The van der Waals surface area contributed by atoms with E-state index in [4.69, 9.17) is 9.25 Å². The van der Waals surface area contributed by atoms with Crippen molar-refractivity contribution in [2.45, 2.75) is 0 Å². The molecule has 2 rings (SSSR count). The Morgan fingerprint density at radius 2 is 2.50 bits per heavy atom. The molecular formula is C8H8N2O2. The van der Waals surface area contributed by atoms with Gasteiger partial charge >= 0.3 is 0 Å². The molecule has 2 aromatic rings. The summed E-state index contributed by atoms with van der Waals surface area (Å²) in [5.74, 6) is 0. The summed E-state index contributed by atoms with van der Waals surface area (Å²) in [6, 6.07) is 3.76. The zero-order chi connectivity index (χ0) is 8.39. The number of anilines is 1. The fourth-order valence-corrected chi connectivity index (χ4v) is 1.06. The van der Waals surface area contributed by atoms with Gasteiger partial charge in [-0.1, -0.05) is 0 Å². The molecule has 2 aromatic heterocycles. The third-order valence-corrected chi connectivity index (χ3v) is 1.56. The lowest BCUT2D eigenvalue weighted by atomic mass is 10.3. The molecule has 0 aliphatic rings. The van der Waals surface area contributed by atoms with Crippen molar-refractivity contribution in [2.75, 3.05) is 12.6 Å². The molecular weight excluding hydrogens is 156 g/mol. The summed E-state index contributed by atoms with van der Waals surface area (Å²) in [7, 11) is 1.55. The molecule has 0 unspecified atom stereocenters. The Morgan fingerprint density at radius 1 is 1.58 bits per heavy atom. The molecule has 0 aliphatic carbocycles. The van der Waals surface area contributed by atoms with Crippen LogP contribution >= 0.6 is 0 Å². The second-order valence-corrected chi connectivity index (χ2v) is 2.31. The minimum Gasteiger partial charge on any atom is -0.444 e. The van der Waals surface area contributed by atoms with Gasteiger partial charge in [0.05, 0.1) is 12.5 Å². The van der Waals surface area contributed by atoms with E-state index in [1.165, 1.54) is 0 Å². The van der Waals surface area contributed by atoms with Crippen LogP contribution in [0.5, 0.6) is 0 Å². The Balaban J connectivity index is 2.55. The molecule has 0 amide bonds. The third kappa shape index (κ3) is 1.02. The quantitative estimate of drug-likeness (QED) is 0.687. The van der Waals surface area contributed by atoms with E-state index in [9.17, 15) is 0 Å². The van der Waals surface area contributed by atoms with Crippen molar-refractivity contribution in [3.05, 3.63) is 24.6 Å². The van der Waals surface area contributed by atoms with Crippen molar-refractivity contribution in [2.24, 2.45) is 0 Å². The summed E-state index contributed by atoms with van der Waals surface area (Å²) < 4.78 is 5.15. The summed E-state index contributed by atoms with van der Waals surface area (Å²) in [6.07, 6.45) is 3.25. The first kappa shape index (κ1) is 7.12. The van der Waals surface area contributed by atoms with Crippen LogP contribution in [0.25, 0.3) is 11.1 Å². The van der Waals surface area contributed by atoms with E-state index in [0.29, 0.717) is 5.71 Å². The number of rotatable bonds is 2. The van der Waals surface area contributed by atoms with E-state index in [2.05, 4.69) is 10.5 Å². The van der Waals surface area contributed by atoms with Crippen LogP contribution in [0.15, 0.2) is 29.0 Å². The minimum atomic E-state index is 0.608. The number of furan rings is 1. The normalized spacial score (nSPS) is 10.4. The SMILES string of the molecule is CONc1coc2ncccc12. The molecule has 0 atom stereocenters. The van der Waals surface area contributed by atoms with Crippen LogP contribution in [0.2, 0.25) is 0 Å². The molecule has 4 heteroatoms. The zero-order valence-electron chi connectivity index (χ0n) is 6.57. The van der Waals surface area contributed by atoms with Gasteiger partial charge in [-0.3, -0.25) is 10.3 Å². The molecule has 1 N–H and O–H groups in total. The maximum Gasteiger partial charge on any atom is 0.228 e. The Labute approximate surface area is 69.1 Å². The van der Waals surface area contributed by atoms with Crippen molar-refractivity contribution in [3.63, 3.8) is 0 Å². The average Bonchev–Trinajstić information content (AvgIpc) is 2.50. The maximum atomic E-state index is 5.15. The van der Waals surface area contributed by atoms with Crippen molar-refractivity contribution in [1.82, 2.24) is 4.98 Å². The first-order valence-corrected chi connectivity index (χ1v) is 3.53. The lowest BCUT2D eigenvalue weighted by molar-refractivity contribution is 0.271. The van der Waals surface area contributed by atoms with Crippen molar-refractivity contribution in [3.8, 4) is 0 Å². The average molecular weight is 164 g/mol. The van der Waals surface area contributed by atoms with E-state index in [1.807, 2.05) is 12.1 Å². The van der Waals surface area contributed by atoms with Crippen LogP contribution in [0, 0.1) is 0 Å². The monoisotopic (exact) mass is 164 g/mol. The van der Waals surface area contributed by atoms with Gasteiger partial charge < -0.3 is 4.42 Å². The summed E-state index contributed by atoms with van der Waals surface area (Å²) in [5.41, 5.74) is 4.10. The number of nitrogens with zero attached hydrogens (tertiary/aromatic N) is 1. The van der Waals surface area contributed by atoms with E-state index in [0.717, 1.165) is 11.1 Å². The predicted octanol–water partition coefficient (Wildman–Crippen LogP) is 1.80. The Bertz CT molecular complexity index is 383. The second-order valence-electron chi connectivity index (χ2n) is 2.31. The fourth-order valence-electron chi connectivity index (χ4n) is 1.06. The molecule has 0 saturated carbocycles. The van der Waals surface area contributed by atoms with Gasteiger partial charge in [0.1, 0.15) is 12.0 Å². The summed E-state index contributed by atoms with van der Waals surface area (Å²) in [5, 5.41) is 0.916. The smallest absolute Gasteiger partial charge is 0.228 e. The number of aromatic nitrogens is 1. The molecule has 0 bridgehead atoms. The minimum absolute atomic E-state index is 0.608. The fraction of sp³-hybridized carbons (Fsp3) is 0.125. The van der Waals surface area contributed by atoms with Gasteiger partial charge in [0.25, 0.3) is 0 Å². The van der Waals surface area contributed by atoms with E-state index in [-0.39, 0.29) is 0 Å². The second kappa shape index (κ2) is 2.83. The van der Waals surface area contributed by atoms with Gasteiger partial charge in [-0.15, -0.1) is 0 Å². The molecule has 0 saturated heterocycles. The first-order valence-electron chi connectivity index (χ1n) is 3.53. The number of fused-ring (bicyclic) bond motifs is 1. The first-order chi connectivity index (χ1) is 5.92. The molecule has 12 heavy (non-hydrogen) atoms. The summed E-state index contributed by atoms with van der Waals surface area (Å²) in [6.45, 7) is 0. The lowest BCUT2D eigenvalue weighted by Gasteiger charge is -1.96. The summed E-state index contributed by atoms with van der Waals surface area (Å²) >= 11 is 0. The van der Waals surface area contributed by atoms with Gasteiger partial charge in [0.15, 0.2) is 0 Å². The molecule has 0 radical (unpaired) electrons. The lowest BCUT2D eigenvalue weighted by Crippen LogP contribution is -1.93. The third-order valence-electron chi connectivity index (χ3n) is 1.56. The van der Waals surface area contributed by atoms with Gasteiger partial charge in [-0.05, 0) is 12.1 Å². The molecule has 4 nitrogen and oxygen atoms in total. The molecule has 2 heterocycles. The van der Waals surface area contributed by atoms with Crippen LogP contribution in [-0.2, 0) is 4.84 Å². The number of nitrogens with one attached hydrogen (secondary N) is 1. The number of hydrogen-bond acceptors (Lipinski definition) is 4. The van der Waals surface area contributed by atoms with Crippen LogP contribution < -0.4 is 5.48 Å². The van der Waals surface area contributed by atoms with E-state index < -0.39 is 0 Å². The van der Waals surface area contributed by atoms with E-state index in [1.54, 1.807) is 19.6 Å². The molecule has 0 spiro atoms. The van der Waals surface area contributed by atoms with Crippen molar-refractivity contribution >= 4 is 16.8 Å².